The number of para-hydroxylation sites is 1. The van der Waals surface area contributed by atoms with Crippen molar-refractivity contribution in [3.8, 4) is 0 Å². The number of anilines is 1. The van der Waals surface area contributed by atoms with Crippen molar-refractivity contribution >= 4 is 21.7 Å². The first-order chi connectivity index (χ1) is 13.5. The molecule has 1 aromatic heterocycles. The van der Waals surface area contributed by atoms with Crippen molar-refractivity contribution in [1.29, 1.82) is 0 Å². The molecule has 7 heteroatoms. The highest BCUT2D eigenvalue weighted by molar-refractivity contribution is 7.93. The van der Waals surface area contributed by atoms with Gasteiger partial charge in [0, 0.05) is 18.9 Å². The lowest BCUT2D eigenvalue weighted by Gasteiger charge is -2.23. The lowest BCUT2D eigenvalue weighted by molar-refractivity contribution is 0.249. The van der Waals surface area contributed by atoms with E-state index in [-0.39, 0.29) is 12.3 Å². The van der Waals surface area contributed by atoms with E-state index in [2.05, 4.69) is 17.2 Å². The summed E-state index contributed by atoms with van der Waals surface area (Å²) in [6.45, 7) is 2.36. The van der Waals surface area contributed by atoms with Crippen molar-refractivity contribution in [3.05, 3.63) is 60.4 Å². The molecule has 0 spiro atoms. The molecule has 1 heterocycles. The standard InChI is InChI=1S/C21H29N3O3S/c1-2-3-4-5-6-10-16-28(26,27)24(20-13-8-7-9-14-20)21(25)23-18-19-12-11-15-22-17-19/h7-9,11-15,17H,2-6,10,16,18H2,1H3,(H,23,25). The van der Waals surface area contributed by atoms with Crippen molar-refractivity contribution in [1.82, 2.24) is 10.3 Å². The fourth-order valence-electron chi connectivity index (χ4n) is 2.88. The molecule has 0 unspecified atom stereocenters. The van der Waals surface area contributed by atoms with Gasteiger partial charge in [-0.1, -0.05) is 63.3 Å². The van der Waals surface area contributed by atoms with Crippen molar-refractivity contribution < 1.29 is 13.2 Å². The Morgan fingerprint density at radius 1 is 1.00 bits per heavy atom. The number of aromatic nitrogens is 1. The molecule has 0 bridgehead atoms. The quantitative estimate of drug-likeness (QED) is 0.561. The van der Waals surface area contributed by atoms with Gasteiger partial charge in [0.1, 0.15) is 0 Å². The molecule has 1 N–H and O–H groups in total. The number of pyridine rings is 1. The SMILES string of the molecule is CCCCCCCCS(=O)(=O)N(C(=O)NCc1cccnc1)c1ccccc1. The molecule has 1 aromatic carbocycles. The summed E-state index contributed by atoms with van der Waals surface area (Å²) in [6.07, 6.45) is 9.12. The number of urea groups is 1. The Labute approximate surface area is 168 Å². The first-order valence-electron chi connectivity index (χ1n) is 9.79. The number of unbranched alkanes of at least 4 members (excludes halogenated alkanes) is 5. The molecule has 0 aliphatic carbocycles. The molecule has 2 rings (SSSR count). The summed E-state index contributed by atoms with van der Waals surface area (Å²) in [7, 11) is -3.77. The topological polar surface area (TPSA) is 79.4 Å². The van der Waals surface area contributed by atoms with Crippen LogP contribution in [0.1, 0.15) is 51.0 Å². The lowest BCUT2D eigenvalue weighted by Crippen LogP contribution is -2.44. The van der Waals surface area contributed by atoms with E-state index in [0.717, 1.165) is 35.6 Å². The summed E-state index contributed by atoms with van der Waals surface area (Å²) in [6, 6.07) is 11.4. The van der Waals surface area contributed by atoms with Crippen molar-refractivity contribution in [3.63, 3.8) is 0 Å². The Balaban J connectivity index is 2.05. The highest BCUT2D eigenvalue weighted by atomic mass is 32.2. The minimum absolute atomic E-state index is 0.0473. The Kier molecular flexibility index (Phi) is 8.94. The minimum Gasteiger partial charge on any atom is -0.333 e. The van der Waals surface area contributed by atoms with Gasteiger partial charge in [-0.2, -0.15) is 4.31 Å². The number of carbonyl (C=O) groups excluding carboxylic acids is 1. The molecule has 0 fully saturated rings. The molecule has 0 atom stereocenters. The predicted octanol–water partition coefficient (Wildman–Crippen LogP) is 4.49. The number of carbonyl (C=O) groups is 1. The number of hydrogen-bond donors (Lipinski definition) is 1. The number of rotatable bonds is 11. The molecule has 0 aliphatic heterocycles. The number of benzene rings is 1. The lowest BCUT2D eigenvalue weighted by atomic mass is 10.1. The number of hydrogen-bond acceptors (Lipinski definition) is 4. The Morgan fingerprint density at radius 3 is 2.39 bits per heavy atom. The molecule has 0 saturated carbocycles. The number of sulfonamides is 1. The van der Waals surface area contributed by atoms with Gasteiger partial charge in [0.15, 0.2) is 0 Å². The third-order valence-corrected chi connectivity index (χ3v) is 6.11. The Hall–Kier alpha value is -2.41. The van der Waals surface area contributed by atoms with Crippen LogP contribution in [-0.2, 0) is 16.6 Å². The van der Waals surface area contributed by atoms with E-state index >= 15 is 0 Å². The van der Waals surface area contributed by atoms with Gasteiger partial charge in [-0.15, -0.1) is 0 Å². The predicted molar refractivity (Wildman–Crippen MR) is 113 cm³/mol. The first kappa shape index (κ1) is 21.9. The van der Waals surface area contributed by atoms with Gasteiger partial charge in [0.2, 0.25) is 10.0 Å². The molecule has 28 heavy (non-hydrogen) atoms. The van der Waals surface area contributed by atoms with Crippen LogP contribution in [0, 0.1) is 0 Å². The number of amides is 2. The van der Waals surface area contributed by atoms with Crippen LogP contribution in [-0.4, -0.2) is 25.2 Å². The maximum Gasteiger partial charge on any atom is 0.336 e. The molecule has 0 radical (unpaired) electrons. The van der Waals surface area contributed by atoms with E-state index < -0.39 is 16.1 Å². The van der Waals surface area contributed by atoms with Gasteiger partial charge < -0.3 is 5.32 Å². The summed E-state index contributed by atoms with van der Waals surface area (Å²) >= 11 is 0. The van der Waals surface area contributed by atoms with E-state index in [1.54, 1.807) is 48.8 Å². The van der Waals surface area contributed by atoms with Crippen LogP contribution < -0.4 is 9.62 Å². The van der Waals surface area contributed by atoms with Gasteiger partial charge in [-0.3, -0.25) is 4.98 Å². The fourth-order valence-corrected chi connectivity index (χ4v) is 4.39. The van der Waals surface area contributed by atoms with Crippen LogP contribution >= 0.6 is 0 Å². The number of nitrogens with zero attached hydrogens (tertiary/aromatic N) is 2. The van der Waals surface area contributed by atoms with Gasteiger partial charge in [-0.25, -0.2) is 13.2 Å². The first-order valence-corrected chi connectivity index (χ1v) is 11.4. The van der Waals surface area contributed by atoms with Crippen LogP contribution in [0.2, 0.25) is 0 Å². The average Bonchev–Trinajstić information content (AvgIpc) is 2.70. The highest BCUT2D eigenvalue weighted by Gasteiger charge is 2.28. The zero-order valence-electron chi connectivity index (χ0n) is 16.4. The maximum absolute atomic E-state index is 12.9. The zero-order chi connectivity index (χ0) is 20.2. The molecule has 0 aliphatic rings. The van der Waals surface area contributed by atoms with Crippen molar-refractivity contribution in [2.24, 2.45) is 0 Å². The summed E-state index contributed by atoms with van der Waals surface area (Å²) < 4.78 is 26.7. The fraction of sp³-hybridized carbons (Fsp3) is 0.429. The monoisotopic (exact) mass is 403 g/mol. The molecule has 6 nitrogen and oxygen atoms in total. The van der Waals surface area contributed by atoms with Crippen LogP contribution in [0.3, 0.4) is 0 Å². The smallest absolute Gasteiger partial charge is 0.333 e. The van der Waals surface area contributed by atoms with E-state index in [4.69, 9.17) is 0 Å². The summed E-state index contributed by atoms with van der Waals surface area (Å²) in [5.41, 5.74) is 1.15. The third kappa shape index (κ3) is 6.96. The second-order valence-corrected chi connectivity index (χ2v) is 8.64. The van der Waals surface area contributed by atoms with Crippen LogP contribution in [0.5, 0.6) is 0 Å². The number of nitrogens with one attached hydrogen (secondary N) is 1. The maximum atomic E-state index is 12.9. The summed E-state index contributed by atoms with van der Waals surface area (Å²) in [5, 5.41) is 2.69. The third-order valence-electron chi connectivity index (χ3n) is 4.38. The second-order valence-electron chi connectivity index (χ2n) is 6.70. The van der Waals surface area contributed by atoms with E-state index in [0.29, 0.717) is 12.1 Å². The molecular formula is C21H29N3O3S. The largest absolute Gasteiger partial charge is 0.336 e. The molecule has 0 saturated heterocycles. The van der Waals surface area contributed by atoms with Crippen LogP contribution in [0.15, 0.2) is 54.9 Å². The van der Waals surface area contributed by atoms with Gasteiger partial charge in [-0.05, 0) is 30.2 Å². The van der Waals surface area contributed by atoms with Gasteiger partial charge >= 0.3 is 6.03 Å². The van der Waals surface area contributed by atoms with E-state index in [1.807, 2.05) is 6.07 Å². The molecule has 2 amide bonds. The van der Waals surface area contributed by atoms with Gasteiger partial charge in [0.25, 0.3) is 0 Å². The minimum atomic E-state index is -3.77. The van der Waals surface area contributed by atoms with Crippen molar-refractivity contribution in [2.75, 3.05) is 10.1 Å². The Morgan fingerprint density at radius 2 is 1.71 bits per heavy atom. The van der Waals surface area contributed by atoms with E-state index in [1.165, 1.54) is 6.42 Å². The summed E-state index contributed by atoms with van der Waals surface area (Å²) in [5.74, 6) is -0.0473. The Bertz CT molecular complexity index is 811. The molecular weight excluding hydrogens is 374 g/mol. The average molecular weight is 404 g/mol. The second kappa shape index (κ2) is 11.4. The molecule has 152 valence electrons. The van der Waals surface area contributed by atoms with Crippen molar-refractivity contribution in [2.45, 2.75) is 52.0 Å². The van der Waals surface area contributed by atoms with E-state index in [9.17, 15) is 13.2 Å². The van der Waals surface area contributed by atoms with Gasteiger partial charge in [0.05, 0.1) is 11.4 Å². The zero-order valence-corrected chi connectivity index (χ0v) is 17.2. The normalized spacial score (nSPS) is 11.2. The highest BCUT2D eigenvalue weighted by Crippen LogP contribution is 2.20. The summed E-state index contributed by atoms with van der Waals surface area (Å²) in [4.78, 5) is 16.8. The molecule has 2 aromatic rings. The van der Waals surface area contributed by atoms with Crippen LogP contribution in [0.25, 0.3) is 0 Å². The van der Waals surface area contributed by atoms with Crippen LogP contribution in [0.4, 0.5) is 10.5 Å².